The third-order valence-electron chi connectivity index (χ3n) is 4.41. The number of hydrogen-bond donors (Lipinski definition) is 2. The van der Waals surface area contributed by atoms with Crippen molar-refractivity contribution in [2.45, 2.75) is 64.1 Å². The molecular weight excluding hydrogens is 306 g/mol. The Balaban J connectivity index is 1.64. The second-order valence-electron chi connectivity index (χ2n) is 7.47. The molecule has 1 aliphatic carbocycles. The number of nitrogens with one attached hydrogen (secondary N) is 2. The molecule has 0 radical (unpaired) electrons. The molecule has 2 aromatic rings. The number of imidazole rings is 1. The molecule has 0 unspecified atom stereocenters. The molecule has 3 rings (SSSR count). The first-order valence-electron chi connectivity index (χ1n) is 8.52. The van der Waals surface area contributed by atoms with Crippen LogP contribution in [-0.2, 0) is 4.74 Å². The molecule has 6 nitrogen and oxygen atoms in total. The van der Waals surface area contributed by atoms with Crippen LogP contribution < -0.4 is 11.0 Å². The SMILES string of the molecule is CC(C)(C)OC(=O)N[C@H]1CC[C@H](n2c(=O)[nH]c3ccccc32)CC1. The van der Waals surface area contributed by atoms with Crippen molar-refractivity contribution in [2.75, 3.05) is 0 Å². The summed E-state index contributed by atoms with van der Waals surface area (Å²) in [6, 6.07) is 8.04. The lowest BCUT2D eigenvalue weighted by Crippen LogP contribution is -2.41. The van der Waals surface area contributed by atoms with Gasteiger partial charge in [-0.05, 0) is 58.6 Å². The average Bonchev–Trinajstić information content (AvgIpc) is 2.82. The van der Waals surface area contributed by atoms with Gasteiger partial charge in [0, 0.05) is 12.1 Å². The summed E-state index contributed by atoms with van der Waals surface area (Å²) in [6.07, 6.45) is 3.05. The molecule has 24 heavy (non-hydrogen) atoms. The van der Waals surface area contributed by atoms with Crippen LogP contribution in [0.3, 0.4) is 0 Å². The van der Waals surface area contributed by atoms with E-state index in [0.717, 1.165) is 36.7 Å². The van der Waals surface area contributed by atoms with Gasteiger partial charge in [0.05, 0.1) is 11.0 Å². The number of fused-ring (bicyclic) bond motifs is 1. The molecule has 1 fully saturated rings. The molecule has 2 N–H and O–H groups in total. The van der Waals surface area contributed by atoms with E-state index < -0.39 is 5.60 Å². The molecule has 0 bridgehead atoms. The van der Waals surface area contributed by atoms with Crippen LogP contribution in [0.15, 0.2) is 29.1 Å². The summed E-state index contributed by atoms with van der Waals surface area (Å²) in [4.78, 5) is 27.1. The predicted octanol–water partition coefficient (Wildman–Crippen LogP) is 3.34. The number of carbonyl (C=O) groups excluding carboxylic acids is 1. The number of nitrogens with zero attached hydrogens (tertiary/aromatic N) is 1. The smallest absolute Gasteiger partial charge is 0.407 e. The Morgan fingerprint density at radius 2 is 1.88 bits per heavy atom. The Morgan fingerprint density at radius 3 is 2.54 bits per heavy atom. The summed E-state index contributed by atoms with van der Waals surface area (Å²) < 4.78 is 7.17. The minimum Gasteiger partial charge on any atom is -0.444 e. The van der Waals surface area contributed by atoms with Crippen molar-refractivity contribution in [3.63, 3.8) is 0 Å². The highest BCUT2D eigenvalue weighted by molar-refractivity contribution is 5.75. The Morgan fingerprint density at radius 1 is 1.21 bits per heavy atom. The van der Waals surface area contributed by atoms with Crippen molar-refractivity contribution in [1.29, 1.82) is 0 Å². The van der Waals surface area contributed by atoms with Gasteiger partial charge < -0.3 is 15.0 Å². The normalized spacial score (nSPS) is 21.6. The number of H-pyrrole nitrogens is 1. The van der Waals surface area contributed by atoms with Gasteiger partial charge >= 0.3 is 11.8 Å². The Kier molecular flexibility index (Phi) is 4.39. The number of amides is 1. The van der Waals surface area contributed by atoms with Gasteiger partial charge in [-0.25, -0.2) is 9.59 Å². The zero-order valence-corrected chi connectivity index (χ0v) is 14.5. The molecule has 130 valence electrons. The first-order chi connectivity index (χ1) is 11.3. The van der Waals surface area contributed by atoms with Gasteiger partial charge in [-0.2, -0.15) is 0 Å². The lowest BCUT2D eigenvalue weighted by atomic mass is 9.91. The summed E-state index contributed by atoms with van der Waals surface area (Å²) >= 11 is 0. The highest BCUT2D eigenvalue weighted by Crippen LogP contribution is 2.29. The van der Waals surface area contributed by atoms with Gasteiger partial charge in [-0.15, -0.1) is 0 Å². The van der Waals surface area contributed by atoms with Crippen molar-refractivity contribution in [2.24, 2.45) is 0 Å². The molecule has 0 atom stereocenters. The fraction of sp³-hybridized carbons (Fsp3) is 0.556. The van der Waals surface area contributed by atoms with Crippen LogP contribution in [0.5, 0.6) is 0 Å². The standard InChI is InChI=1S/C18H25N3O3/c1-18(2,3)24-17(23)19-12-8-10-13(11-9-12)21-15-7-5-4-6-14(15)20-16(21)22/h4-7,12-13H,8-11H2,1-3H3,(H,19,23)(H,20,22)/t12-,13-. The number of alkyl carbamates (subject to hydrolysis) is 1. The van der Waals surface area contributed by atoms with Crippen molar-refractivity contribution < 1.29 is 9.53 Å². The summed E-state index contributed by atoms with van der Waals surface area (Å²) in [5.41, 5.74) is 1.28. The maximum atomic E-state index is 12.3. The number of aromatic amines is 1. The number of benzene rings is 1. The quantitative estimate of drug-likeness (QED) is 0.886. The Hall–Kier alpha value is -2.24. The summed E-state index contributed by atoms with van der Waals surface area (Å²) in [7, 11) is 0. The van der Waals surface area contributed by atoms with Crippen molar-refractivity contribution in [3.8, 4) is 0 Å². The highest BCUT2D eigenvalue weighted by atomic mass is 16.6. The maximum Gasteiger partial charge on any atom is 0.407 e. The minimum absolute atomic E-state index is 0.0558. The first kappa shape index (κ1) is 16.6. The zero-order chi connectivity index (χ0) is 17.3. The van der Waals surface area contributed by atoms with Crippen LogP contribution in [0.4, 0.5) is 4.79 Å². The topological polar surface area (TPSA) is 76.1 Å². The Labute approximate surface area is 141 Å². The van der Waals surface area contributed by atoms with Gasteiger partial charge in [0.15, 0.2) is 0 Å². The molecule has 6 heteroatoms. The van der Waals surface area contributed by atoms with E-state index in [1.54, 1.807) is 0 Å². The van der Waals surface area contributed by atoms with Crippen molar-refractivity contribution in [3.05, 3.63) is 34.7 Å². The lowest BCUT2D eigenvalue weighted by Gasteiger charge is -2.30. The number of rotatable bonds is 2. The van der Waals surface area contributed by atoms with Crippen molar-refractivity contribution in [1.82, 2.24) is 14.9 Å². The fourth-order valence-electron chi connectivity index (χ4n) is 3.39. The molecule has 1 amide bonds. The molecule has 0 spiro atoms. The van der Waals surface area contributed by atoms with E-state index in [1.165, 1.54) is 0 Å². The number of hydrogen-bond acceptors (Lipinski definition) is 3. The summed E-state index contributed by atoms with van der Waals surface area (Å²) in [5, 5.41) is 2.94. The van der Waals surface area contributed by atoms with Crippen LogP contribution in [0.2, 0.25) is 0 Å². The number of carbonyl (C=O) groups is 1. The van der Waals surface area contributed by atoms with Crippen LogP contribution >= 0.6 is 0 Å². The maximum absolute atomic E-state index is 12.3. The zero-order valence-electron chi connectivity index (χ0n) is 14.5. The fourth-order valence-corrected chi connectivity index (χ4v) is 3.39. The van der Waals surface area contributed by atoms with Crippen LogP contribution in [0, 0.1) is 0 Å². The average molecular weight is 331 g/mol. The van der Waals surface area contributed by atoms with Gasteiger partial charge in [0.2, 0.25) is 0 Å². The van der Waals surface area contributed by atoms with Crippen LogP contribution in [0.25, 0.3) is 11.0 Å². The van der Waals surface area contributed by atoms with Gasteiger partial charge in [-0.3, -0.25) is 4.57 Å². The van der Waals surface area contributed by atoms with Gasteiger partial charge in [0.25, 0.3) is 0 Å². The Bertz CT molecular complexity index is 777. The number of ether oxygens (including phenoxy) is 1. The number of aromatic nitrogens is 2. The summed E-state index contributed by atoms with van der Waals surface area (Å²) in [5.74, 6) is 0. The van der Waals surface area contributed by atoms with E-state index in [2.05, 4.69) is 10.3 Å². The first-order valence-corrected chi connectivity index (χ1v) is 8.52. The van der Waals surface area contributed by atoms with E-state index in [1.807, 2.05) is 49.6 Å². The molecule has 0 saturated heterocycles. The van der Waals surface area contributed by atoms with E-state index in [0.29, 0.717) is 0 Å². The molecule has 1 aliphatic rings. The van der Waals surface area contributed by atoms with Gasteiger partial charge in [-0.1, -0.05) is 12.1 Å². The minimum atomic E-state index is -0.487. The second kappa shape index (κ2) is 6.34. The lowest BCUT2D eigenvalue weighted by molar-refractivity contribution is 0.0488. The van der Waals surface area contributed by atoms with E-state index in [-0.39, 0.29) is 23.9 Å². The monoisotopic (exact) mass is 331 g/mol. The molecule has 1 heterocycles. The van der Waals surface area contributed by atoms with E-state index in [4.69, 9.17) is 4.74 Å². The summed E-state index contributed by atoms with van der Waals surface area (Å²) in [6.45, 7) is 5.56. The molecular formula is C18H25N3O3. The number of para-hydroxylation sites is 2. The van der Waals surface area contributed by atoms with Crippen molar-refractivity contribution >= 4 is 17.1 Å². The van der Waals surface area contributed by atoms with E-state index in [9.17, 15) is 9.59 Å². The molecule has 1 aromatic carbocycles. The third kappa shape index (κ3) is 3.63. The largest absolute Gasteiger partial charge is 0.444 e. The molecule has 0 aliphatic heterocycles. The molecule has 1 aromatic heterocycles. The van der Waals surface area contributed by atoms with Crippen LogP contribution in [0.1, 0.15) is 52.5 Å². The van der Waals surface area contributed by atoms with E-state index >= 15 is 0 Å². The van der Waals surface area contributed by atoms with Gasteiger partial charge in [0.1, 0.15) is 5.60 Å². The molecule has 1 saturated carbocycles. The van der Waals surface area contributed by atoms with Crippen LogP contribution in [-0.4, -0.2) is 27.3 Å². The third-order valence-corrected chi connectivity index (χ3v) is 4.41. The predicted molar refractivity (Wildman–Crippen MR) is 93.2 cm³/mol. The second-order valence-corrected chi connectivity index (χ2v) is 7.47. The highest BCUT2D eigenvalue weighted by Gasteiger charge is 2.27.